The Bertz CT molecular complexity index is 323. The second-order valence-corrected chi connectivity index (χ2v) is 2.70. The van der Waals surface area contributed by atoms with Crippen molar-refractivity contribution in [2.24, 2.45) is 0 Å². The van der Waals surface area contributed by atoms with Gasteiger partial charge in [0.15, 0.2) is 0 Å². The van der Waals surface area contributed by atoms with E-state index in [0.717, 1.165) is 12.3 Å². The van der Waals surface area contributed by atoms with Gasteiger partial charge >= 0.3 is 6.18 Å². The zero-order chi connectivity index (χ0) is 11.5. The van der Waals surface area contributed by atoms with Gasteiger partial charge in [0.05, 0.1) is 12.1 Å². The minimum Gasteiger partial charge on any atom is -0.364 e. The fraction of sp³-hybridized carbons (Fsp3) is 0.375. The van der Waals surface area contributed by atoms with Gasteiger partial charge in [0.2, 0.25) is 0 Å². The molecule has 0 aliphatic carbocycles. The first-order chi connectivity index (χ1) is 6.89. The fourth-order valence-electron chi connectivity index (χ4n) is 0.885. The number of halogens is 5. The Morgan fingerprint density at radius 3 is 2.53 bits per heavy atom. The summed E-state index contributed by atoms with van der Waals surface area (Å²) in [5.41, 5.74) is -0.922. The molecule has 1 aromatic heterocycles. The third kappa shape index (κ3) is 3.69. The summed E-state index contributed by atoms with van der Waals surface area (Å²) in [6.45, 7) is -0.728. The first kappa shape index (κ1) is 11.7. The Hall–Kier alpha value is -1.40. The van der Waals surface area contributed by atoms with Crippen LogP contribution in [0.1, 0.15) is 5.56 Å². The number of hydrogen-bond donors (Lipinski definition) is 1. The summed E-state index contributed by atoms with van der Waals surface area (Å²) in [4.78, 5) is 3.48. The van der Waals surface area contributed by atoms with E-state index in [4.69, 9.17) is 0 Å². The second kappa shape index (κ2) is 4.41. The van der Waals surface area contributed by atoms with Crippen LogP contribution < -0.4 is 5.32 Å². The molecule has 0 aliphatic heterocycles. The predicted molar refractivity (Wildman–Crippen MR) is 43.7 cm³/mol. The van der Waals surface area contributed by atoms with Gasteiger partial charge in [-0.1, -0.05) is 0 Å². The number of pyridine rings is 1. The van der Waals surface area contributed by atoms with Crippen LogP contribution in [0.4, 0.5) is 27.8 Å². The first-order valence-electron chi connectivity index (χ1n) is 3.95. The maximum Gasteiger partial charge on any atom is 0.416 e. The van der Waals surface area contributed by atoms with Gasteiger partial charge in [0, 0.05) is 6.20 Å². The molecule has 1 heterocycles. The highest BCUT2D eigenvalue weighted by molar-refractivity contribution is 5.38. The molecule has 0 saturated heterocycles. The van der Waals surface area contributed by atoms with Gasteiger partial charge in [0.25, 0.3) is 6.43 Å². The highest BCUT2D eigenvalue weighted by Gasteiger charge is 2.30. The number of hydrogen-bond acceptors (Lipinski definition) is 2. The summed E-state index contributed by atoms with van der Waals surface area (Å²) < 4.78 is 60.0. The van der Waals surface area contributed by atoms with Crippen LogP contribution in [0.3, 0.4) is 0 Å². The molecule has 0 fully saturated rings. The molecule has 0 aromatic carbocycles. The summed E-state index contributed by atoms with van der Waals surface area (Å²) in [6, 6.07) is 1.45. The van der Waals surface area contributed by atoms with E-state index in [-0.39, 0.29) is 5.82 Å². The van der Waals surface area contributed by atoms with Crippen LogP contribution in [0.5, 0.6) is 0 Å². The third-order valence-corrected chi connectivity index (χ3v) is 1.52. The maximum atomic E-state index is 12.2. The lowest BCUT2D eigenvalue weighted by atomic mass is 10.2. The maximum absolute atomic E-state index is 12.2. The lowest BCUT2D eigenvalue weighted by Crippen LogP contribution is -2.12. The smallest absolute Gasteiger partial charge is 0.364 e. The zero-order valence-electron chi connectivity index (χ0n) is 7.35. The van der Waals surface area contributed by atoms with Crippen LogP contribution in [0, 0.1) is 0 Å². The Balaban J connectivity index is 2.75. The molecule has 1 rings (SSSR count). The molecule has 84 valence electrons. The van der Waals surface area contributed by atoms with E-state index in [1.54, 1.807) is 0 Å². The topological polar surface area (TPSA) is 24.9 Å². The largest absolute Gasteiger partial charge is 0.416 e. The van der Waals surface area contributed by atoms with Gasteiger partial charge in [-0.05, 0) is 12.1 Å². The number of aromatic nitrogens is 1. The molecule has 1 N–H and O–H groups in total. The number of rotatable bonds is 3. The number of nitrogens with one attached hydrogen (secondary N) is 1. The van der Waals surface area contributed by atoms with E-state index in [1.807, 2.05) is 0 Å². The molecule has 0 spiro atoms. The molecule has 0 amide bonds. The van der Waals surface area contributed by atoms with Gasteiger partial charge in [-0.15, -0.1) is 0 Å². The van der Waals surface area contributed by atoms with Gasteiger partial charge in [0.1, 0.15) is 5.82 Å². The molecule has 7 heteroatoms. The van der Waals surface area contributed by atoms with Crippen molar-refractivity contribution < 1.29 is 22.0 Å². The number of anilines is 1. The van der Waals surface area contributed by atoms with Crippen molar-refractivity contribution in [2.45, 2.75) is 12.6 Å². The van der Waals surface area contributed by atoms with E-state index in [0.29, 0.717) is 6.07 Å². The van der Waals surface area contributed by atoms with Crippen molar-refractivity contribution in [3.63, 3.8) is 0 Å². The van der Waals surface area contributed by atoms with Gasteiger partial charge < -0.3 is 5.32 Å². The zero-order valence-corrected chi connectivity index (χ0v) is 7.35. The lowest BCUT2D eigenvalue weighted by molar-refractivity contribution is -0.137. The molecule has 0 saturated carbocycles. The van der Waals surface area contributed by atoms with Crippen LogP contribution in [0.25, 0.3) is 0 Å². The molecule has 15 heavy (non-hydrogen) atoms. The van der Waals surface area contributed by atoms with E-state index in [2.05, 4.69) is 10.3 Å². The number of nitrogens with zero attached hydrogens (tertiary/aromatic N) is 1. The van der Waals surface area contributed by atoms with Crippen LogP contribution in [0.2, 0.25) is 0 Å². The Morgan fingerprint density at radius 2 is 2.00 bits per heavy atom. The van der Waals surface area contributed by atoms with Crippen LogP contribution in [0.15, 0.2) is 18.3 Å². The minimum absolute atomic E-state index is 0.217. The normalized spacial score (nSPS) is 11.9. The monoisotopic (exact) mass is 226 g/mol. The SMILES string of the molecule is FC(F)CNc1cc(C(F)(F)F)ccn1. The lowest BCUT2D eigenvalue weighted by Gasteiger charge is -2.09. The van der Waals surface area contributed by atoms with Crippen molar-refractivity contribution in [2.75, 3.05) is 11.9 Å². The Labute approximate surface area is 82.1 Å². The predicted octanol–water partition coefficient (Wildman–Crippen LogP) is 2.78. The molecule has 2 nitrogen and oxygen atoms in total. The summed E-state index contributed by atoms with van der Waals surface area (Å²) in [6.07, 6.45) is -6.22. The molecule has 0 atom stereocenters. The van der Waals surface area contributed by atoms with E-state index in [1.165, 1.54) is 0 Å². The van der Waals surface area contributed by atoms with E-state index < -0.39 is 24.7 Å². The molecule has 0 bridgehead atoms. The highest BCUT2D eigenvalue weighted by atomic mass is 19.4. The van der Waals surface area contributed by atoms with E-state index >= 15 is 0 Å². The van der Waals surface area contributed by atoms with Crippen LogP contribution in [-0.2, 0) is 6.18 Å². The van der Waals surface area contributed by atoms with Crippen molar-refractivity contribution in [1.82, 2.24) is 4.98 Å². The summed E-state index contributed by atoms with van der Waals surface area (Å²) in [5, 5.41) is 2.10. The molecular weight excluding hydrogens is 219 g/mol. The van der Waals surface area contributed by atoms with Crippen molar-refractivity contribution >= 4 is 5.82 Å². The molecule has 0 aliphatic rings. The van der Waals surface area contributed by atoms with Crippen LogP contribution in [-0.4, -0.2) is 18.0 Å². The van der Waals surface area contributed by atoms with Crippen molar-refractivity contribution in [3.05, 3.63) is 23.9 Å². The highest BCUT2D eigenvalue weighted by Crippen LogP contribution is 2.29. The average Bonchev–Trinajstić information content (AvgIpc) is 2.14. The fourth-order valence-corrected chi connectivity index (χ4v) is 0.885. The summed E-state index contributed by atoms with van der Waals surface area (Å²) >= 11 is 0. The summed E-state index contributed by atoms with van der Waals surface area (Å²) in [7, 11) is 0. The third-order valence-electron chi connectivity index (χ3n) is 1.52. The van der Waals surface area contributed by atoms with Crippen molar-refractivity contribution in [3.8, 4) is 0 Å². The molecule has 0 radical (unpaired) electrons. The number of alkyl halides is 5. The molecule has 0 unspecified atom stereocenters. The van der Waals surface area contributed by atoms with Gasteiger partial charge in [-0.3, -0.25) is 0 Å². The Kier molecular flexibility index (Phi) is 3.43. The summed E-state index contributed by atoms with van der Waals surface area (Å²) in [5.74, 6) is -0.217. The van der Waals surface area contributed by atoms with Crippen molar-refractivity contribution in [1.29, 1.82) is 0 Å². The second-order valence-electron chi connectivity index (χ2n) is 2.70. The van der Waals surface area contributed by atoms with Gasteiger partial charge in [-0.25, -0.2) is 13.8 Å². The van der Waals surface area contributed by atoms with Gasteiger partial charge in [-0.2, -0.15) is 13.2 Å². The van der Waals surface area contributed by atoms with E-state index in [9.17, 15) is 22.0 Å². The van der Waals surface area contributed by atoms with Crippen LogP contribution >= 0.6 is 0 Å². The average molecular weight is 226 g/mol. The molecular formula is C8H7F5N2. The Morgan fingerprint density at radius 1 is 1.33 bits per heavy atom. The quantitative estimate of drug-likeness (QED) is 0.801. The first-order valence-corrected chi connectivity index (χ1v) is 3.95. The molecule has 1 aromatic rings. The standard InChI is InChI=1S/C8H7F5N2/c9-6(10)4-15-7-3-5(1-2-14-7)8(11,12)13/h1-3,6H,4H2,(H,14,15). The minimum atomic E-state index is -4.50.